The van der Waals surface area contributed by atoms with Crippen molar-refractivity contribution in [3.05, 3.63) is 12.7 Å². The number of H-pyrrole nitrogens is 1. The van der Waals surface area contributed by atoms with Gasteiger partial charge in [0.25, 0.3) is 0 Å². The van der Waals surface area contributed by atoms with Gasteiger partial charge in [-0.2, -0.15) is 0 Å². The molecule has 2 aromatic rings. The third-order valence-corrected chi connectivity index (χ3v) is 4.22. The number of amides is 1. The Kier molecular flexibility index (Phi) is 5.98. The van der Waals surface area contributed by atoms with Gasteiger partial charge in [0, 0.05) is 6.54 Å². The van der Waals surface area contributed by atoms with Gasteiger partial charge in [0.1, 0.15) is 16.9 Å². The quantitative estimate of drug-likeness (QED) is 0.578. The molecule has 1 amide bonds. The third kappa shape index (κ3) is 4.70. The Hall–Kier alpha value is -1.63. The number of hydrogen-bond donors (Lipinski definition) is 2. The second-order valence-electron chi connectivity index (χ2n) is 5.12. The molecule has 0 aliphatic heterocycles. The number of carbonyl (C=O) groups excluding carboxylic acids is 1. The lowest BCUT2D eigenvalue weighted by atomic mass is 10.0. The molecule has 6 nitrogen and oxygen atoms in total. The summed E-state index contributed by atoms with van der Waals surface area (Å²) in [7, 11) is 0. The highest BCUT2D eigenvalue weighted by Gasteiger charge is 2.10. The smallest absolute Gasteiger partial charge is 0.230 e. The lowest BCUT2D eigenvalue weighted by molar-refractivity contribution is -0.118. The summed E-state index contributed by atoms with van der Waals surface area (Å²) in [4.78, 5) is 27.2. The maximum atomic E-state index is 11.9. The molecule has 2 rings (SSSR count). The minimum Gasteiger partial charge on any atom is -0.355 e. The summed E-state index contributed by atoms with van der Waals surface area (Å²) in [6.45, 7) is 5.09. The Morgan fingerprint density at radius 3 is 3.10 bits per heavy atom. The van der Waals surface area contributed by atoms with Crippen LogP contribution >= 0.6 is 11.8 Å². The summed E-state index contributed by atoms with van der Waals surface area (Å²) in [5, 5.41) is 3.73. The third-order valence-electron chi connectivity index (χ3n) is 3.23. The molecule has 1 atom stereocenters. The monoisotopic (exact) mass is 307 g/mol. The Labute approximate surface area is 128 Å². The van der Waals surface area contributed by atoms with E-state index in [1.54, 1.807) is 6.33 Å². The van der Waals surface area contributed by atoms with Crippen LogP contribution in [-0.2, 0) is 4.79 Å². The number of thioether (sulfide) groups is 1. The number of hydrogen-bond acceptors (Lipinski definition) is 5. The molecule has 7 heteroatoms. The lowest BCUT2D eigenvalue weighted by Gasteiger charge is -2.11. The summed E-state index contributed by atoms with van der Waals surface area (Å²) < 4.78 is 0. The van der Waals surface area contributed by atoms with Gasteiger partial charge in [-0.3, -0.25) is 4.79 Å². The summed E-state index contributed by atoms with van der Waals surface area (Å²) in [6, 6.07) is 0. The highest BCUT2D eigenvalue weighted by Crippen LogP contribution is 2.21. The van der Waals surface area contributed by atoms with Crippen LogP contribution in [0.25, 0.3) is 11.2 Å². The first-order chi connectivity index (χ1) is 10.2. The molecule has 2 N–H and O–H groups in total. The number of imidazole rings is 1. The molecule has 0 aliphatic rings. The molecule has 0 bridgehead atoms. The molecule has 0 aliphatic carbocycles. The number of rotatable bonds is 8. The molecular weight excluding hydrogens is 286 g/mol. The normalized spacial score (nSPS) is 12.5. The lowest BCUT2D eigenvalue weighted by Crippen LogP contribution is -2.29. The van der Waals surface area contributed by atoms with Crippen LogP contribution in [0.3, 0.4) is 0 Å². The molecule has 0 saturated carbocycles. The van der Waals surface area contributed by atoms with Crippen molar-refractivity contribution in [3.8, 4) is 0 Å². The van der Waals surface area contributed by atoms with Crippen LogP contribution in [0.1, 0.15) is 33.1 Å². The first-order valence-electron chi connectivity index (χ1n) is 7.24. The Balaban J connectivity index is 1.77. The maximum Gasteiger partial charge on any atom is 0.230 e. The van der Waals surface area contributed by atoms with E-state index in [0.717, 1.165) is 23.5 Å². The minimum absolute atomic E-state index is 0.0367. The second kappa shape index (κ2) is 7.97. The van der Waals surface area contributed by atoms with Crippen LogP contribution in [0.4, 0.5) is 0 Å². The molecule has 0 spiro atoms. The number of fused-ring (bicyclic) bond motifs is 1. The van der Waals surface area contributed by atoms with Gasteiger partial charge in [0.2, 0.25) is 5.91 Å². The summed E-state index contributed by atoms with van der Waals surface area (Å²) in [5.41, 5.74) is 1.41. The Morgan fingerprint density at radius 2 is 2.29 bits per heavy atom. The van der Waals surface area contributed by atoms with Crippen molar-refractivity contribution in [2.24, 2.45) is 5.92 Å². The average molecular weight is 307 g/mol. The number of unbranched alkanes of at least 4 members (excludes halogenated alkanes) is 1. The van der Waals surface area contributed by atoms with Crippen LogP contribution in [0.5, 0.6) is 0 Å². The molecule has 0 radical (unpaired) electrons. The van der Waals surface area contributed by atoms with E-state index in [-0.39, 0.29) is 5.91 Å². The molecule has 2 aromatic heterocycles. The highest BCUT2D eigenvalue weighted by atomic mass is 32.2. The molecular formula is C14H21N5OS. The topological polar surface area (TPSA) is 83.6 Å². The highest BCUT2D eigenvalue weighted by molar-refractivity contribution is 8.00. The second-order valence-corrected chi connectivity index (χ2v) is 6.08. The molecule has 0 saturated heterocycles. The van der Waals surface area contributed by atoms with Crippen molar-refractivity contribution in [2.75, 3.05) is 12.3 Å². The van der Waals surface area contributed by atoms with E-state index >= 15 is 0 Å². The number of nitrogens with one attached hydrogen (secondary N) is 2. The molecule has 0 aromatic carbocycles. The van der Waals surface area contributed by atoms with Crippen molar-refractivity contribution >= 4 is 28.8 Å². The predicted octanol–water partition coefficient (Wildman–Crippen LogP) is 2.39. The Morgan fingerprint density at radius 1 is 1.43 bits per heavy atom. The van der Waals surface area contributed by atoms with Crippen LogP contribution in [0.2, 0.25) is 0 Å². The molecule has 0 fully saturated rings. The fourth-order valence-electron chi connectivity index (χ4n) is 1.98. The van der Waals surface area contributed by atoms with Gasteiger partial charge in [-0.05, 0) is 12.3 Å². The van der Waals surface area contributed by atoms with E-state index in [4.69, 9.17) is 0 Å². The number of aromatic amines is 1. The minimum atomic E-state index is 0.0367. The van der Waals surface area contributed by atoms with Crippen LogP contribution in [-0.4, -0.2) is 38.1 Å². The molecule has 21 heavy (non-hydrogen) atoms. The summed E-state index contributed by atoms with van der Waals surface area (Å²) >= 11 is 1.40. The van der Waals surface area contributed by atoms with Gasteiger partial charge in [-0.25, -0.2) is 15.0 Å². The summed E-state index contributed by atoms with van der Waals surface area (Å²) in [6.07, 6.45) is 6.62. The number of carbonyl (C=O) groups is 1. The fourth-order valence-corrected chi connectivity index (χ4v) is 2.77. The maximum absolute atomic E-state index is 11.9. The van der Waals surface area contributed by atoms with Crippen molar-refractivity contribution in [2.45, 2.75) is 38.1 Å². The predicted molar refractivity (Wildman–Crippen MR) is 84.1 cm³/mol. The van der Waals surface area contributed by atoms with Crippen molar-refractivity contribution < 1.29 is 4.79 Å². The van der Waals surface area contributed by atoms with Crippen LogP contribution in [0.15, 0.2) is 17.7 Å². The zero-order chi connectivity index (χ0) is 15.1. The molecule has 2 heterocycles. The fraction of sp³-hybridized carbons (Fsp3) is 0.571. The van der Waals surface area contributed by atoms with Gasteiger partial charge in [0.05, 0.1) is 12.1 Å². The van der Waals surface area contributed by atoms with Crippen molar-refractivity contribution in [1.29, 1.82) is 0 Å². The first-order valence-corrected chi connectivity index (χ1v) is 8.22. The summed E-state index contributed by atoms with van der Waals surface area (Å²) in [5.74, 6) is 0.915. The van der Waals surface area contributed by atoms with Gasteiger partial charge in [0.15, 0.2) is 5.65 Å². The van der Waals surface area contributed by atoms with Gasteiger partial charge < -0.3 is 10.3 Å². The Bertz CT molecular complexity index is 586. The van der Waals surface area contributed by atoms with E-state index in [1.807, 2.05) is 0 Å². The van der Waals surface area contributed by atoms with Gasteiger partial charge in [-0.1, -0.05) is 38.5 Å². The first kappa shape index (κ1) is 15.8. The van der Waals surface area contributed by atoms with E-state index in [2.05, 4.69) is 39.1 Å². The zero-order valence-electron chi connectivity index (χ0n) is 12.4. The van der Waals surface area contributed by atoms with Crippen molar-refractivity contribution in [3.63, 3.8) is 0 Å². The van der Waals surface area contributed by atoms with E-state index in [1.165, 1.54) is 30.9 Å². The van der Waals surface area contributed by atoms with Crippen LogP contribution in [0, 0.1) is 5.92 Å². The SMILES string of the molecule is CCCCC(C)CNC(=O)CSc1ncnc2nc[nH]c12. The van der Waals surface area contributed by atoms with Crippen molar-refractivity contribution in [1.82, 2.24) is 25.3 Å². The largest absolute Gasteiger partial charge is 0.355 e. The van der Waals surface area contributed by atoms with Crippen LogP contribution < -0.4 is 5.32 Å². The molecule has 1 unspecified atom stereocenters. The average Bonchev–Trinajstić information content (AvgIpc) is 2.97. The van der Waals surface area contributed by atoms with Gasteiger partial charge in [-0.15, -0.1) is 0 Å². The van der Waals surface area contributed by atoms with E-state index in [0.29, 0.717) is 17.3 Å². The number of aromatic nitrogens is 4. The standard InChI is InChI=1S/C14H21N5OS/c1-3-4-5-10(2)6-15-11(20)7-21-14-12-13(17-8-16-12)18-9-19-14/h8-10H,3-7H2,1-2H3,(H,15,20)(H,16,17,18,19). The van der Waals surface area contributed by atoms with E-state index in [9.17, 15) is 4.79 Å². The van der Waals surface area contributed by atoms with E-state index < -0.39 is 0 Å². The zero-order valence-corrected chi connectivity index (χ0v) is 13.2. The van der Waals surface area contributed by atoms with Gasteiger partial charge >= 0.3 is 0 Å². The molecule has 114 valence electrons. The number of nitrogens with zero attached hydrogens (tertiary/aromatic N) is 3.